The van der Waals surface area contributed by atoms with Gasteiger partial charge in [0.15, 0.2) is 0 Å². The number of rotatable bonds is 6. The molecule has 0 fully saturated rings. The summed E-state index contributed by atoms with van der Waals surface area (Å²) in [6.45, 7) is 2.53. The second-order valence-electron chi connectivity index (χ2n) is 8.16. The van der Waals surface area contributed by atoms with E-state index in [1.54, 1.807) is 12.3 Å². The van der Waals surface area contributed by atoms with Gasteiger partial charge in [0, 0.05) is 5.56 Å². The van der Waals surface area contributed by atoms with Crippen LogP contribution >= 0.6 is 11.3 Å². The Morgan fingerprint density at radius 1 is 1.09 bits per heavy atom. The number of anilines is 1. The van der Waals surface area contributed by atoms with Gasteiger partial charge in [0.05, 0.1) is 23.0 Å². The van der Waals surface area contributed by atoms with Gasteiger partial charge in [-0.3, -0.25) is 4.79 Å². The van der Waals surface area contributed by atoms with Crippen LogP contribution in [0.4, 0.5) is 9.52 Å². The standard InChI is InChI=1S/C27H24FN3O2S/c1-2-33-23-12-7-18(8-13-23)17-29-31(27-30-24-14-11-22(28)16-25(24)34-27)26(32)21-10-9-19-5-3-4-6-20(19)15-21/h7-17H,2-6H2,1H3/b29-17+. The van der Waals surface area contributed by atoms with Gasteiger partial charge in [0.2, 0.25) is 5.13 Å². The quantitative estimate of drug-likeness (QED) is 0.241. The first-order chi connectivity index (χ1) is 16.6. The molecular formula is C27H24FN3O2S. The van der Waals surface area contributed by atoms with Gasteiger partial charge in [-0.2, -0.15) is 10.1 Å². The monoisotopic (exact) mass is 473 g/mol. The Morgan fingerprint density at radius 3 is 2.68 bits per heavy atom. The van der Waals surface area contributed by atoms with Crippen molar-refractivity contribution in [3.63, 3.8) is 0 Å². The van der Waals surface area contributed by atoms with E-state index >= 15 is 0 Å². The molecule has 0 saturated heterocycles. The number of aryl methyl sites for hydroxylation is 2. The molecule has 4 aromatic rings. The predicted molar refractivity (Wildman–Crippen MR) is 135 cm³/mol. The largest absolute Gasteiger partial charge is 0.494 e. The maximum Gasteiger partial charge on any atom is 0.280 e. The molecule has 1 heterocycles. The Hall–Kier alpha value is -3.58. The summed E-state index contributed by atoms with van der Waals surface area (Å²) in [5, 5.41) is 6.22. The zero-order chi connectivity index (χ0) is 23.5. The number of thiazole rings is 1. The lowest BCUT2D eigenvalue weighted by Crippen LogP contribution is -2.26. The summed E-state index contributed by atoms with van der Waals surface area (Å²) in [7, 11) is 0. The molecule has 0 atom stereocenters. The van der Waals surface area contributed by atoms with Crippen molar-refractivity contribution in [2.24, 2.45) is 5.10 Å². The molecule has 1 aromatic heterocycles. The summed E-state index contributed by atoms with van der Waals surface area (Å²) in [6, 6.07) is 17.8. The van der Waals surface area contributed by atoms with Gasteiger partial charge < -0.3 is 4.74 Å². The maximum absolute atomic E-state index is 13.7. The smallest absolute Gasteiger partial charge is 0.280 e. The van der Waals surface area contributed by atoms with Crippen molar-refractivity contribution in [1.82, 2.24) is 4.98 Å². The molecule has 34 heavy (non-hydrogen) atoms. The third kappa shape index (κ3) is 4.70. The fourth-order valence-electron chi connectivity index (χ4n) is 4.10. The van der Waals surface area contributed by atoms with E-state index in [9.17, 15) is 9.18 Å². The number of hydrazone groups is 1. The van der Waals surface area contributed by atoms with Crippen molar-refractivity contribution < 1.29 is 13.9 Å². The second-order valence-corrected chi connectivity index (χ2v) is 9.17. The SMILES string of the molecule is CCOc1ccc(/C=N/N(C(=O)c2ccc3c(c2)CCCC3)c2nc3ccc(F)cc3s2)cc1. The van der Waals surface area contributed by atoms with Gasteiger partial charge in [-0.05, 0) is 104 Å². The summed E-state index contributed by atoms with van der Waals surface area (Å²) in [4.78, 5) is 18.2. The molecule has 1 amide bonds. The number of halogens is 1. The minimum absolute atomic E-state index is 0.268. The number of nitrogens with zero attached hydrogens (tertiary/aromatic N) is 3. The molecular weight excluding hydrogens is 449 g/mol. The van der Waals surface area contributed by atoms with Gasteiger partial charge >= 0.3 is 0 Å². The van der Waals surface area contributed by atoms with E-state index in [-0.39, 0.29) is 11.7 Å². The molecule has 0 aliphatic heterocycles. The van der Waals surface area contributed by atoms with Crippen molar-refractivity contribution >= 4 is 38.8 Å². The third-order valence-electron chi connectivity index (χ3n) is 5.82. The summed E-state index contributed by atoms with van der Waals surface area (Å²) in [5.41, 5.74) is 4.54. The van der Waals surface area contributed by atoms with Crippen LogP contribution in [0.1, 0.15) is 46.8 Å². The second kappa shape index (κ2) is 9.73. The van der Waals surface area contributed by atoms with E-state index < -0.39 is 0 Å². The van der Waals surface area contributed by atoms with E-state index in [1.165, 1.54) is 46.0 Å². The fourth-order valence-corrected chi connectivity index (χ4v) is 5.04. The molecule has 3 aromatic carbocycles. The van der Waals surface area contributed by atoms with Gasteiger partial charge in [0.25, 0.3) is 5.91 Å². The number of hydrogen-bond donors (Lipinski definition) is 0. The van der Waals surface area contributed by atoms with Crippen molar-refractivity contribution in [3.05, 3.63) is 88.7 Å². The molecule has 0 bridgehead atoms. The zero-order valence-electron chi connectivity index (χ0n) is 18.8. The van der Waals surface area contributed by atoms with E-state index in [1.807, 2.05) is 49.4 Å². The highest BCUT2D eigenvalue weighted by atomic mass is 32.1. The minimum Gasteiger partial charge on any atom is -0.494 e. The minimum atomic E-state index is -0.340. The van der Waals surface area contributed by atoms with Crippen molar-refractivity contribution in [3.8, 4) is 5.75 Å². The topological polar surface area (TPSA) is 54.8 Å². The van der Waals surface area contributed by atoms with Gasteiger partial charge in [-0.25, -0.2) is 9.37 Å². The van der Waals surface area contributed by atoms with Crippen molar-refractivity contribution in [2.75, 3.05) is 11.6 Å². The van der Waals surface area contributed by atoms with Crippen LogP contribution in [0.25, 0.3) is 10.2 Å². The van der Waals surface area contributed by atoms with E-state index in [4.69, 9.17) is 4.74 Å². The van der Waals surface area contributed by atoms with Crippen LogP contribution in [0.5, 0.6) is 5.75 Å². The Bertz CT molecular complexity index is 1360. The predicted octanol–water partition coefficient (Wildman–Crippen LogP) is 6.39. The highest BCUT2D eigenvalue weighted by Crippen LogP contribution is 2.31. The van der Waals surface area contributed by atoms with Crippen LogP contribution in [-0.4, -0.2) is 23.7 Å². The van der Waals surface area contributed by atoms with Gasteiger partial charge in [0.1, 0.15) is 11.6 Å². The highest BCUT2D eigenvalue weighted by molar-refractivity contribution is 7.22. The van der Waals surface area contributed by atoms with Crippen LogP contribution in [-0.2, 0) is 12.8 Å². The Balaban J connectivity index is 1.51. The number of fused-ring (bicyclic) bond motifs is 2. The highest BCUT2D eigenvalue weighted by Gasteiger charge is 2.22. The Morgan fingerprint density at radius 2 is 1.88 bits per heavy atom. The Kier molecular flexibility index (Phi) is 6.36. The molecule has 5 rings (SSSR count). The number of amides is 1. The van der Waals surface area contributed by atoms with Crippen LogP contribution in [0, 0.1) is 5.82 Å². The first kappa shape index (κ1) is 22.2. The Labute approximate surface area is 201 Å². The van der Waals surface area contributed by atoms with Crippen LogP contribution in [0.15, 0.2) is 65.8 Å². The molecule has 7 heteroatoms. The van der Waals surface area contributed by atoms with Gasteiger partial charge in [-0.15, -0.1) is 0 Å². The molecule has 172 valence electrons. The zero-order valence-corrected chi connectivity index (χ0v) is 19.6. The van der Waals surface area contributed by atoms with Crippen LogP contribution in [0.3, 0.4) is 0 Å². The molecule has 5 nitrogen and oxygen atoms in total. The average molecular weight is 474 g/mol. The van der Waals surface area contributed by atoms with Gasteiger partial charge in [-0.1, -0.05) is 17.4 Å². The normalized spacial score (nSPS) is 13.2. The summed E-state index contributed by atoms with van der Waals surface area (Å²) in [5.74, 6) is 0.165. The van der Waals surface area contributed by atoms with Crippen LogP contribution < -0.4 is 9.75 Å². The maximum atomic E-state index is 13.7. The third-order valence-corrected chi connectivity index (χ3v) is 6.82. The number of aromatic nitrogens is 1. The van der Waals surface area contributed by atoms with E-state index in [2.05, 4.69) is 10.1 Å². The summed E-state index contributed by atoms with van der Waals surface area (Å²) in [6.07, 6.45) is 5.96. The fraction of sp³-hybridized carbons (Fsp3) is 0.222. The number of ether oxygens (including phenoxy) is 1. The van der Waals surface area contributed by atoms with E-state index in [0.29, 0.717) is 27.5 Å². The lowest BCUT2D eigenvalue weighted by molar-refractivity contribution is 0.0987. The number of carbonyl (C=O) groups is 1. The average Bonchev–Trinajstić information content (AvgIpc) is 3.27. The first-order valence-electron chi connectivity index (χ1n) is 11.4. The molecule has 0 radical (unpaired) electrons. The first-order valence-corrected chi connectivity index (χ1v) is 12.2. The molecule has 0 unspecified atom stereocenters. The number of benzene rings is 3. The molecule has 1 aliphatic carbocycles. The number of hydrogen-bond acceptors (Lipinski definition) is 5. The molecule has 0 N–H and O–H groups in total. The molecule has 1 aliphatic rings. The van der Waals surface area contributed by atoms with Crippen molar-refractivity contribution in [1.29, 1.82) is 0 Å². The molecule has 0 spiro atoms. The molecule has 0 saturated carbocycles. The van der Waals surface area contributed by atoms with E-state index in [0.717, 1.165) is 30.6 Å². The summed E-state index contributed by atoms with van der Waals surface area (Å²) < 4.78 is 19.9. The lowest BCUT2D eigenvalue weighted by Gasteiger charge is -2.18. The van der Waals surface area contributed by atoms with Crippen molar-refractivity contribution in [2.45, 2.75) is 32.6 Å². The van der Waals surface area contributed by atoms with Crippen LogP contribution in [0.2, 0.25) is 0 Å². The lowest BCUT2D eigenvalue weighted by atomic mass is 9.90. The number of carbonyl (C=O) groups excluding carboxylic acids is 1. The summed E-state index contributed by atoms with van der Waals surface area (Å²) >= 11 is 1.24.